The van der Waals surface area contributed by atoms with Gasteiger partial charge < -0.3 is 4.90 Å². The van der Waals surface area contributed by atoms with Gasteiger partial charge in [-0.15, -0.1) is 11.6 Å². The molecule has 100 valence electrons. The number of fused-ring (bicyclic) bond motifs is 1. The number of anilines is 1. The predicted molar refractivity (Wildman–Crippen MR) is 81.9 cm³/mol. The Morgan fingerprint density at radius 2 is 2.11 bits per heavy atom. The summed E-state index contributed by atoms with van der Waals surface area (Å²) in [4.78, 5) is 7.21. The van der Waals surface area contributed by atoms with E-state index in [1.807, 2.05) is 0 Å². The molecular formula is C16H19ClN2. The third kappa shape index (κ3) is 2.30. The van der Waals surface area contributed by atoms with Gasteiger partial charge in [-0.3, -0.25) is 0 Å². The summed E-state index contributed by atoms with van der Waals surface area (Å²) >= 11 is 5.99. The SMILES string of the molecule is CC1CC(C)N(c2nc(CCl)cc3ccccc23)C1. The zero-order chi connectivity index (χ0) is 13.4. The van der Waals surface area contributed by atoms with Crippen LogP contribution in [0.25, 0.3) is 10.8 Å². The van der Waals surface area contributed by atoms with E-state index in [9.17, 15) is 0 Å². The number of benzene rings is 1. The van der Waals surface area contributed by atoms with E-state index in [1.165, 1.54) is 17.2 Å². The molecule has 0 bridgehead atoms. The van der Waals surface area contributed by atoms with Crippen molar-refractivity contribution < 1.29 is 0 Å². The van der Waals surface area contributed by atoms with Crippen LogP contribution in [0.4, 0.5) is 5.82 Å². The summed E-state index contributed by atoms with van der Waals surface area (Å²) in [5.74, 6) is 2.30. The van der Waals surface area contributed by atoms with Gasteiger partial charge in [-0.25, -0.2) is 4.98 Å². The van der Waals surface area contributed by atoms with Crippen LogP contribution >= 0.6 is 11.6 Å². The highest BCUT2D eigenvalue weighted by atomic mass is 35.5. The molecule has 2 atom stereocenters. The quantitative estimate of drug-likeness (QED) is 0.763. The van der Waals surface area contributed by atoms with Crippen molar-refractivity contribution in [3.05, 3.63) is 36.0 Å². The molecular weight excluding hydrogens is 256 g/mol. The van der Waals surface area contributed by atoms with E-state index in [2.05, 4.69) is 49.1 Å². The van der Waals surface area contributed by atoms with Crippen molar-refractivity contribution in [1.29, 1.82) is 0 Å². The maximum atomic E-state index is 5.99. The molecule has 1 saturated heterocycles. The number of aromatic nitrogens is 1. The second-order valence-electron chi connectivity index (χ2n) is 5.63. The lowest BCUT2D eigenvalue weighted by molar-refractivity contribution is 0.625. The van der Waals surface area contributed by atoms with E-state index in [-0.39, 0.29) is 0 Å². The van der Waals surface area contributed by atoms with Crippen molar-refractivity contribution in [2.24, 2.45) is 5.92 Å². The van der Waals surface area contributed by atoms with Gasteiger partial charge in [-0.2, -0.15) is 0 Å². The third-order valence-electron chi connectivity index (χ3n) is 3.97. The van der Waals surface area contributed by atoms with Crippen LogP contribution in [-0.2, 0) is 5.88 Å². The monoisotopic (exact) mass is 274 g/mol. The Balaban J connectivity index is 2.16. The molecule has 0 saturated carbocycles. The number of pyridine rings is 1. The molecule has 2 unspecified atom stereocenters. The third-order valence-corrected chi connectivity index (χ3v) is 4.24. The smallest absolute Gasteiger partial charge is 0.137 e. The Bertz CT molecular complexity index is 596. The first-order chi connectivity index (χ1) is 9.19. The van der Waals surface area contributed by atoms with Crippen molar-refractivity contribution in [2.45, 2.75) is 32.2 Å². The van der Waals surface area contributed by atoms with Crippen LogP contribution < -0.4 is 4.90 Å². The molecule has 0 aliphatic carbocycles. The van der Waals surface area contributed by atoms with Gasteiger partial charge >= 0.3 is 0 Å². The Labute approximate surface area is 119 Å². The highest BCUT2D eigenvalue weighted by Gasteiger charge is 2.28. The molecule has 0 N–H and O–H groups in total. The van der Waals surface area contributed by atoms with Crippen LogP contribution in [0.1, 0.15) is 26.0 Å². The molecule has 3 rings (SSSR count). The average molecular weight is 275 g/mol. The molecule has 3 heteroatoms. The van der Waals surface area contributed by atoms with Crippen molar-refractivity contribution in [2.75, 3.05) is 11.4 Å². The normalized spacial score (nSPS) is 23.2. The molecule has 0 spiro atoms. The second-order valence-corrected chi connectivity index (χ2v) is 5.90. The molecule has 2 aromatic rings. The van der Waals surface area contributed by atoms with Gasteiger partial charge in [-0.05, 0) is 30.7 Å². The fourth-order valence-corrected chi connectivity index (χ4v) is 3.25. The Morgan fingerprint density at radius 3 is 2.79 bits per heavy atom. The number of hydrogen-bond donors (Lipinski definition) is 0. The first kappa shape index (κ1) is 12.7. The molecule has 1 aliphatic rings. The highest BCUT2D eigenvalue weighted by Crippen LogP contribution is 2.33. The molecule has 0 radical (unpaired) electrons. The lowest BCUT2D eigenvalue weighted by Gasteiger charge is -2.24. The summed E-state index contributed by atoms with van der Waals surface area (Å²) in [7, 11) is 0. The fourth-order valence-electron chi connectivity index (χ4n) is 3.12. The van der Waals surface area contributed by atoms with E-state index < -0.39 is 0 Å². The fraction of sp³-hybridized carbons (Fsp3) is 0.438. The van der Waals surface area contributed by atoms with E-state index in [0.717, 1.165) is 24.0 Å². The summed E-state index contributed by atoms with van der Waals surface area (Å²) in [5.41, 5.74) is 0.960. The van der Waals surface area contributed by atoms with E-state index in [4.69, 9.17) is 16.6 Å². The standard InChI is InChI=1S/C16H19ClN2/c1-11-7-12(2)19(10-11)16-15-6-4-3-5-13(15)8-14(9-17)18-16/h3-6,8,11-12H,7,9-10H2,1-2H3. The molecule has 1 aromatic carbocycles. The van der Waals surface area contributed by atoms with Crippen molar-refractivity contribution in [1.82, 2.24) is 4.98 Å². The summed E-state index contributed by atoms with van der Waals surface area (Å²) in [6.45, 7) is 5.68. The second kappa shape index (κ2) is 5.01. The summed E-state index contributed by atoms with van der Waals surface area (Å²) in [6, 6.07) is 11.1. The minimum atomic E-state index is 0.468. The Hall–Kier alpha value is -1.28. The minimum Gasteiger partial charge on any atom is -0.353 e. The lowest BCUT2D eigenvalue weighted by Crippen LogP contribution is -2.28. The summed E-state index contributed by atoms with van der Waals surface area (Å²) < 4.78 is 0. The predicted octanol–water partition coefficient (Wildman–Crippen LogP) is 4.21. The number of rotatable bonds is 2. The molecule has 0 amide bonds. The first-order valence-corrected chi connectivity index (χ1v) is 7.43. The van der Waals surface area contributed by atoms with Gasteiger partial charge in [0, 0.05) is 18.0 Å². The molecule has 1 aliphatic heterocycles. The molecule has 1 fully saturated rings. The minimum absolute atomic E-state index is 0.468. The lowest BCUT2D eigenvalue weighted by atomic mass is 10.1. The van der Waals surface area contributed by atoms with Crippen LogP contribution in [0.5, 0.6) is 0 Å². The number of halogens is 1. The molecule has 2 heterocycles. The van der Waals surface area contributed by atoms with Gasteiger partial charge in [-0.1, -0.05) is 31.2 Å². The zero-order valence-corrected chi connectivity index (χ0v) is 12.2. The topological polar surface area (TPSA) is 16.1 Å². The van der Waals surface area contributed by atoms with E-state index >= 15 is 0 Å². The van der Waals surface area contributed by atoms with Crippen LogP contribution in [0.15, 0.2) is 30.3 Å². The van der Waals surface area contributed by atoms with Gasteiger partial charge in [0.15, 0.2) is 0 Å². The van der Waals surface area contributed by atoms with Gasteiger partial charge in [0.1, 0.15) is 5.82 Å². The Morgan fingerprint density at radius 1 is 1.32 bits per heavy atom. The highest BCUT2D eigenvalue weighted by molar-refractivity contribution is 6.17. The summed E-state index contributed by atoms with van der Waals surface area (Å²) in [5, 5.41) is 2.47. The van der Waals surface area contributed by atoms with Crippen molar-refractivity contribution in [3.8, 4) is 0 Å². The van der Waals surface area contributed by atoms with Crippen LogP contribution in [0.2, 0.25) is 0 Å². The number of alkyl halides is 1. The van der Waals surface area contributed by atoms with Crippen LogP contribution in [-0.4, -0.2) is 17.6 Å². The van der Waals surface area contributed by atoms with Gasteiger partial charge in [0.25, 0.3) is 0 Å². The van der Waals surface area contributed by atoms with Gasteiger partial charge in [0.05, 0.1) is 11.6 Å². The van der Waals surface area contributed by atoms with Crippen LogP contribution in [0, 0.1) is 5.92 Å². The summed E-state index contributed by atoms with van der Waals surface area (Å²) in [6.07, 6.45) is 1.24. The van der Waals surface area contributed by atoms with Gasteiger partial charge in [0.2, 0.25) is 0 Å². The maximum absolute atomic E-state index is 5.99. The Kier molecular flexibility index (Phi) is 3.36. The van der Waals surface area contributed by atoms with Crippen molar-refractivity contribution in [3.63, 3.8) is 0 Å². The number of nitrogens with zero attached hydrogens (tertiary/aromatic N) is 2. The number of hydrogen-bond acceptors (Lipinski definition) is 2. The maximum Gasteiger partial charge on any atom is 0.137 e. The zero-order valence-electron chi connectivity index (χ0n) is 11.4. The van der Waals surface area contributed by atoms with E-state index in [1.54, 1.807) is 0 Å². The molecule has 1 aromatic heterocycles. The molecule has 2 nitrogen and oxygen atoms in total. The van der Waals surface area contributed by atoms with E-state index in [0.29, 0.717) is 11.9 Å². The van der Waals surface area contributed by atoms with Crippen molar-refractivity contribution >= 4 is 28.2 Å². The largest absolute Gasteiger partial charge is 0.353 e. The molecule has 19 heavy (non-hydrogen) atoms. The first-order valence-electron chi connectivity index (χ1n) is 6.90. The van der Waals surface area contributed by atoms with Crippen LogP contribution in [0.3, 0.4) is 0 Å². The average Bonchev–Trinajstić information content (AvgIpc) is 2.76.